The van der Waals surface area contributed by atoms with E-state index in [2.05, 4.69) is 16.0 Å². The zero-order valence-electron chi connectivity index (χ0n) is 13.0. The van der Waals surface area contributed by atoms with Crippen LogP contribution in [0, 0.1) is 11.3 Å². The number of allylic oxidation sites excluding steroid dienone is 1. The maximum atomic E-state index is 13.8. The van der Waals surface area contributed by atoms with Crippen LogP contribution in [0.3, 0.4) is 0 Å². The Bertz CT molecular complexity index is 975. The zero-order chi connectivity index (χ0) is 17.1. The predicted octanol–water partition coefficient (Wildman–Crippen LogP) is 3.86. The molecule has 0 bridgehead atoms. The molecule has 5 nitrogen and oxygen atoms in total. The number of hydrogen-bond acceptors (Lipinski definition) is 4. The molecule has 3 rings (SSSR count). The SMILES string of the molecule is Cl.N#Cc1cc(-c2cncc(Cl)c2)c2ncn(CC(F)=CCN)c2c1. The molecule has 0 fully saturated rings. The van der Waals surface area contributed by atoms with Crippen LogP contribution < -0.4 is 5.73 Å². The number of pyridine rings is 1. The maximum Gasteiger partial charge on any atom is 0.117 e. The van der Waals surface area contributed by atoms with Crippen molar-refractivity contribution in [2.75, 3.05) is 6.54 Å². The highest BCUT2D eigenvalue weighted by molar-refractivity contribution is 6.30. The van der Waals surface area contributed by atoms with Gasteiger partial charge >= 0.3 is 0 Å². The fourth-order valence-corrected chi connectivity index (χ4v) is 2.66. The van der Waals surface area contributed by atoms with Crippen LogP contribution in [0.5, 0.6) is 0 Å². The number of benzene rings is 1. The van der Waals surface area contributed by atoms with Crippen LogP contribution in [0.2, 0.25) is 5.02 Å². The van der Waals surface area contributed by atoms with E-state index in [-0.39, 0.29) is 31.3 Å². The second-order valence-corrected chi connectivity index (χ2v) is 5.59. The molecule has 1 aromatic carbocycles. The third-order valence-electron chi connectivity index (χ3n) is 3.53. The molecule has 2 N–H and O–H groups in total. The first-order valence-electron chi connectivity index (χ1n) is 7.17. The minimum Gasteiger partial charge on any atom is -0.327 e. The first-order chi connectivity index (χ1) is 11.6. The summed E-state index contributed by atoms with van der Waals surface area (Å²) in [4.78, 5) is 8.44. The summed E-state index contributed by atoms with van der Waals surface area (Å²) in [6.07, 6.45) is 6.02. The topological polar surface area (TPSA) is 80.5 Å². The number of fused-ring (bicyclic) bond motifs is 1. The quantitative estimate of drug-likeness (QED) is 0.748. The van der Waals surface area contributed by atoms with Gasteiger partial charge in [0.1, 0.15) is 5.83 Å². The van der Waals surface area contributed by atoms with Crippen molar-refractivity contribution in [2.24, 2.45) is 5.73 Å². The summed E-state index contributed by atoms with van der Waals surface area (Å²) in [6, 6.07) is 7.27. The van der Waals surface area contributed by atoms with E-state index in [1.54, 1.807) is 29.0 Å². The van der Waals surface area contributed by atoms with Crippen LogP contribution >= 0.6 is 24.0 Å². The van der Waals surface area contributed by atoms with E-state index in [1.807, 2.05) is 0 Å². The van der Waals surface area contributed by atoms with Crippen LogP contribution in [0.15, 0.2) is 48.8 Å². The summed E-state index contributed by atoms with van der Waals surface area (Å²) in [5.41, 5.74) is 8.55. The molecule has 0 aliphatic heterocycles. The molecule has 2 aromatic heterocycles. The highest BCUT2D eigenvalue weighted by Crippen LogP contribution is 2.30. The van der Waals surface area contributed by atoms with E-state index in [9.17, 15) is 9.65 Å². The first-order valence-corrected chi connectivity index (χ1v) is 7.54. The Morgan fingerprint density at radius 2 is 2.16 bits per heavy atom. The molecular formula is C17H14Cl2FN5. The molecule has 0 unspecified atom stereocenters. The van der Waals surface area contributed by atoms with Gasteiger partial charge in [0, 0.05) is 30.1 Å². The van der Waals surface area contributed by atoms with Gasteiger partial charge in [-0.05, 0) is 24.3 Å². The Morgan fingerprint density at radius 1 is 1.36 bits per heavy atom. The number of halogens is 3. The largest absolute Gasteiger partial charge is 0.327 e. The number of aromatic nitrogens is 3. The van der Waals surface area contributed by atoms with Gasteiger partial charge < -0.3 is 10.3 Å². The molecule has 0 amide bonds. The minimum atomic E-state index is -0.356. The Hall–Kier alpha value is -2.46. The maximum absolute atomic E-state index is 13.8. The average molecular weight is 378 g/mol. The molecule has 0 spiro atoms. The highest BCUT2D eigenvalue weighted by Gasteiger charge is 2.13. The summed E-state index contributed by atoms with van der Waals surface area (Å²) < 4.78 is 15.4. The van der Waals surface area contributed by atoms with Gasteiger partial charge in [-0.1, -0.05) is 11.6 Å². The van der Waals surface area contributed by atoms with E-state index in [0.29, 0.717) is 21.6 Å². The molecule has 0 atom stereocenters. The Balaban J connectivity index is 0.00000225. The standard InChI is InChI=1S/C17H13ClFN5.ClH/c18-13-5-12(7-22-8-13)15-3-11(6-21)4-16-17(15)23-10-24(16)9-14(19)1-2-20;/h1,3-5,7-8,10H,2,9,20H2;1H. The van der Waals surface area contributed by atoms with Gasteiger partial charge in [-0.3, -0.25) is 4.98 Å². The lowest BCUT2D eigenvalue weighted by molar-refractivity contribution is 0.558. The average Bonchev–Trinajstić information content (AvgIpc) is 2.97. The van der Waals surface area contributed by atoms with E-state index in [4.69, 9.17) is 17.3 Å². The summed E-state index contributed by atoms with van der Waals surface area (Å²) in [7, 11) is 0. The molecule has 3 aromatic rings. The van der Waals surface area contributed by atoms with Gasteiger partial charge in [0.2, 0.25) is 0 Å². The van der Waals surface area contributed by atoms with Gasteiger partial charge in [0.15, 0.2) is 0 Å². The van der Waals surface area contributed by atoms with Crippen molar-refractivity contribution >= 4 is 35.0 Å². The first kappa shape index (κ1) is 18.9. The fourth-order valence-electron chi connectivity index (χ4n) is 2.49. The lowest BCUT2D eigenvalue weighted by Crippen LogP contribution is -2.00. The lowest BCUT2D eigenvalue weighted by atomic mass is 10.0. The van der Waals surface area contributed by atoms with Crippen LogP contribution in [-0.4, -0.2) is 21.1 Å². The van der Waals surface area contributed by atoms with Crippen molar-refractivity contribution in [1.82, 2.24) is 14.5 Å². The molecule has 0 saturated carbocycles. The van der Waals surface area contributed by atoms with Crippen LogP contribution in [0.25, 0.3) is 22.2 Å². The summed E-state index contributed by atoms with van der Waals surface area (Å²) in [5, 5.41) is 9.78. The minimum absolute atomic E-state index is 0. The summed E-state index contributed by atoms with van der Waals surface area (Å²) in [6.45, 7) is 0.136. The molecule has 0 aliphatic rings. The van der Waals surface area contributed by atoms with E-state index in [1.165, 1.54) is 18.6 Å². The normalized spacial score (nSPS) is 11.2. The summed E-state index contributed by atoms with van der Waals surface area (Å²) >= 11 is 6.01. The van der Waals surface area contributed by atoms with Crippen LogP contribution in [0.4, 0.5) is 4.39 Å². The van der Waals surface area contributed by atoms with Gasteiger partial charge in [-0.25, -0.2) is 9.37 Å². The fraction of sp³-hybridized carbons (Fsp3) is 0.118. The second-order valence-electron chi connectivity index (χ2n) is 5.15. The van der Waals surface area contributed by atoms with Crippen LogP contribution in [-0.2, 0) is 6.54 Å². The predicted molar refractivity (Wildman–Crippen MR) is 98.2 cm³/mol. The van der Waals surface area contributed by atoms with E-state index >= 15 is 0 Å². The van der Waals surface area contributed by atoms with Crippen molar-refractivity contribution in [3.63, 3.8) is 0 Å². The Kier molecular flexibility index (Phi) is 6.10. The molecule has 128 valence electrons. The molecule has 0 radical (unpaired) electrons. The molecule has 0 saturated heterocycles. The third-order valence-corrected chi connectivity index (χ3v) is 3.74. The molecule has 0 aliphatic carbocycles. The van der Waals surface area contributed by atoms with Gasteiger partial charge in [-0.15, -0.1) is 12.4 Å². The Labute approximate surface area is 155 Å². The number of nitrogens with two attached hydrogens (primary N) is 1. The van der Waals surface area contributed by atoms with Crippen molar-refractivity contribution in [3.8, 4) is 17.2 Å². The Morgan fingerprint density at radius 3 is 2.84 bits per heavy atom. The van der Waals surface area contributed by atoms with Gasteiger partial charge in [0.25, 0.3) is 0 Å². The molecular weight excluding hydrogens is 364 g/mol. The zero-order valence-corrected chi connectivity index (χ0v) is 14.6. The van der Waals surface area contributed by atoms with Crippen molar-refractivity contribution < 1.29 is 4.39 Å². The van der Waals surface area contributed by atoms with E-state index < -0.39 is 0 Å². The number of nitriles is 1. The van der Waals surface area contributed by atoms with Gasteiger partial charge in [-0.2, -0.15) is 5.26 Å². The molecule has 8 heteroatoms. The summed E-state index contributed by atoms with van der Waals surface area (Å²) in [5.74, 6) is -0.356. The smallest absolute Gasteiger partial charge is 0.117 e. The second kappa shape index (κ2) is 8.08. The van der Waals surface area contributed by atoms with Gasteiger partial charge in [0.05, 0.1) is 40.6 Å². The molecule has 2 heterocycles. The van der Waals surface area contributed by atoms with Crippen LogP contribution in [0.1, 0.15) is 5.56 Å². The lowest BCUT2D eigenvalue weighted by Gasteiger charge is -2.07. The highest BCUT2D eigenvalue weighted by atomic mass is 35.5. The number of imidazole rings is 1. The number of rotatable bonds is 4. The van der Waals surface area contributed by atoms with Crippen molar-refractivity contribution in [3.05, 3.63) is 59.4 Å². The molecule has 25 heavy (non-hydrogen) atoms. The van der Waals surface area contributed by atoms with Crippen molar-refractivity contribution in [1.29, 1.82) is 5.26 Å². The number of hydrogen-bond donors (Lipinski definition) is 1. The van der Waals surface area contributed by atoms with Crippen molar-refractivity contribution in [2.45, 2.75) is 6.54 Å². The monoisotopic (exact) mass is 377 g/mol. The number of nitrogens with zero attached hydrogens (tertiary/aromatic N) is 4. The third kappa shape index (κ3) is 3.97. The van der Waals surface area contributed by atoms with E-state index in [0.717, 1.165) is 11.1 Å².